The number of benzene rings is 2. The Hall–Kier alpha value is -3.13. The molecule has 5 nitrogen and oxygen atoms in total. The molecule has 2 aromatic rings. The van der Waals surface area contributed by atoms with Gasteiger partial charge in [0, 0.05) is 12.1 Å². The standard InChI is InChI=1S/C20H20N2O3/c1-14(23)3-4-16-7-11-19(12-8-16)25-15(2)20(24)22-18-9-5-17(13-21)6-10-18/h5-12,15H,3-4H2,1-2H3,(H,22,24)/t15-/m0/s1. The smallest absolute Gasteiger partial charge is 0.265 e. The van der Waals surface area contributed by atoms with E-state index < -0.39 is 6.10 Å². The third kappa shape index (κ3) is 5.78. The summed E-state index contributed by atoms with van der Waals surface area (Å²) < 4.78 is 5.64. The summed E-state index contributed by atoms with van der Waals surface area (Å²) in [7, 11) is 0. The molecule has 0 aliphatic rings. The lowest BCUT2D eigenvalue weighted by Crippen LogP contribution is -2.30. The van der Waals surface area contributed by atoms with Crippen molar-refractivity contribution in [1.29, 1.82) is 5.26 Å². The number of anilines is 1. The molecule has 1 atom stereocenters. The molecule has 0 unspecified atom stereocenters. The van der Waals surface area contributed by atoms with E-state index in [9.17, 15) is 9.59 Å². The third-order valence-corrected chi connectivity index (χ3v) is 3.65. The molecule has 128 valence electrons. The van der Waals surface area contributed by atoms with Crippen LogP contribution in [0.2, 0.25) is 0 Å². The SMILES string of the molecule is CC(=O)CCc1ccc(O[C@@H](C)C(=O)Nc2ccc(C#N)cc2)cc1. The highest BCUT2D eigenvalue weighted by Crippen LogP contribution is 2.16. The first-order chi connectivity index (χ1) is 12.0. The molecular weight excluding hydrogens is 316 g/mol. The molecule has 0 aliphatic heterocycles. The fourth-order valence-corrected chi connectivity index (χ4v) is 2.18. The van der Waals surface area contributed by atoms with Crippen molar-refractivity contribution in [3.63, 3.8) is 0 Å². The largest absolute Gasteiger partial charge is 0.481 e. The van der Waals surface area contributed by atoms with Crippen molar-refractivity contribution in [3.05, 3.63) is 59.7 Å². The topological polar surface area (TPSA) is 79.2 Å². The number of amides is 1. The van der Waals surface area contributed by atoms with Crippen LogP contribution in [0, 0.1) is 11.3 Å². The summed E-state index contributed by atoms with van der Waals surface area (Å²) in [6.07, 6.45) is 0.548. The van der Waals surface area contributed by atoms with E-state index in [-0.39, 0.29) is 11.7 Å². The highest BCUT2D eigenvalue weighted by Gasteiger charge is 2.15. The molecule has 0 aliphatic carbocycles. The van der Waals surface area contributed by atoms with Crippen LogP contribution < -0.4 is 10.1 Å². The van der Waals surface area contributed by atoms with E-state index in [1.54, 1.807) is 50.2 Å². The van der Waals surface area contributed by atoms with Crippen molar-refractivity contribution in [2.24, 2.45) is 0 Å². The summed E-state index contributed by atoms with van der Waals surface area (Å²) in [5.74, 6) is 0.479. The highest BCUT2D eigenvalue weighted by atomic mass is 16.5. The molecule has 1 N–H and O–H groups in total. The first kappa shape index (κ1) is 18.2. The van der Waals surface area contributed by atoms with Crippen molar-refractivity contribution in [3.8, 4) is 11.8 Å². The maximum absolute atomic E-state index is 12.2. The van der Waals surface area contributed by atoms with Gasteiger partial charge in [-0.3, -0.25) is 4.79 Å². The van der Waals surface area contributed by atoms with E-state index in [4.69, 9.17) is 10.00 Å². The van der Waals surface area contributed by atoms with Crippen LogP contribution >= 0.6 is 0 Å². The van der Waals surface area contributed by atoms with Gasteiger partial charge in [0.1, 0.15) is 11.5 Å². The molecule has 25 heavy (non-hydrogen) atoms. The predicted octanol–water partition coefficient (Wildman–Crippen LogP) is 3.49. The number of ether oxygens (including phenoxy) is 1. The number of nitrogens with one attached hydrogen (secondary N) is 1. The monoisotopic (exact) mass is 336 g/mol. The van der Waals surface area contributed by atoms with Crippen molar-refractivity contribution >= 4 is 17.4 Å². The van der Waals surface area contributed by atoms with Gasteiger partial charge in [-0.1, -0.05) is 12.1 Å². The number of rotatable bonds is 7. The van der Waals surface area contributed by atoms with Crippen molar-refractivity contribution in [2.75, 3.05) is 5.32 Å². The van der Waals surface area contributed by atoms with Crippen molar-refractivity contribution in [2.45, 2.75) is 32.8 Å². The molecular formula is C20H20N2O3. The Morgan fingerprint density at radius 3 is 2.32 bits per heavy atom. The number of aryl methyl sites for hydroxylation is 1. The van der Waals surface area contributed by atoms with E-state index in [2.05, 4.69) is 5.32 Å². The fourth-order valence-electron chi connectivity index (χ4n) is 2.18. The van der Waals surface area contributed by atoms with Gasteiger partial charge in [0.25, 0.3) is 5.91 Å². The zero-order chi connectivity index (χ0) is 18.2. The molecule has 0 saturated carbocycles. The summed E-state index contributed by atoms with van der Waals surface area (Å²) >= 11 is 0. The average Bonchev–Trinajstić information content (AvgIpc) is 2.61. The van der Waals surface area contributed by atoms with Gasteiger partial charge < -0.3 is 14.8 Å². The summed E-state index contributed by atoms with van der Waals surface area (Å²) in [4.78, 5) is 23.2. The van der Waals surface area contributed by atoms with Gasteiger partial charge in [-0.15, -0.1) is 0 Å². The molecule has 5 heteroatoms. The molecule has 0 spiro atoms. The Morgan fingerprint density at radius 2 is 1.76 bits per heavy atom. The second-order valence-electron chi connectivity index (χ2n) is 5.78. The summed E-state index contributed by atoms with van der Waals surface area (Å²) in [6.45, 7) is 3.24. The number of carbonyl (C=O) groups excluding carboxylic acids is 2. The van der Waals surface area contributed by atoms with Crippen LogP contribution in [0.3, 0.4) is 0 Å². The molecule has 0 radical (unpaired) electrons. The second-order valence-corrected chi connectivity index (χ2v) is 5.78. The van der Waals surface area contributed by atoms with Gasteiger partial charge >= 0.3 is 0 Å². The normalized spacial score (nSPS) is 11.2. The quantitative estimate of drug-likeness (QED) is 0.839. The van der Waals surface area contributed by atoms with E-state index in [1.807, 2.05) is 18.2 Å². The van der Waals surface area contributed by atoms with Gasteiger partial charge in [-0.05, 0) is 62.2 Å². The number of hydrogen-bond acceptors (Lipinski definition) is 4. The maximum atomic E-state index is 12.2. The minimum atomic E-state index is -0.668. The van der Waals surface area contributed by atoms with Gasteiger partial charge in [-0.2, -0.15) is 5.26 Å². The summed E-state index contributed by atoms with van der Waals surface area (Å²) in [5, 5.41) is 11.5. The third-order valence-electron chi connectivity index (χ3n) is 3.65. The summed E-state index contributed by atoms with van der Waals surface area (Å²) in [6, 6.07) is 16.0. The summed E-state index contributed by atoms with van der Waals surface area (Å²) in [5.41, 5.74) is 2.20. The minimum absolute atomic E-state index is 0.161. The molecule has 0 aromatic heterocycles. The Bertz CT molecular complexity index is 774. The number of hydrogen-bond donors (Lipinski definition) is 1. The van der Waals surface area contributed by atoms with Gasteiger partial charge in [0.15, 0.2) is 6.10 Å². The predicted molar refractivity (Wildman–Crippen MR) is 95.3 cm³/mol. The lowest BCUT2D eigenvalue weighted by Gasteiger charge is -2.15. The Kier molecular flexibility index (Phi) is 6.30. The number of ketones is 1. The maximum Gasteiger partial charge on any atom is 0.265 e. The number of carbonyl (C=O) groups is 2. The van der Waals surface area contributed by atoms with Crippen LogP contribution in [-0.4, -0.2) is 17.8 Å². The van der Waals surface area contributed by atoms with E-state index in [0.29, 0.717) is 29.8 Å². The minimum Gasteiger partial charge on any atom is -0.481 e. The number of nitrogens with zero attached hydrogens (tertiary/aromatic N) is 1. The highest BCUT2D eigenvalue weighted by molar-refractivity contribution is 5.94. The molecule has 0 fully saturated rings. The van der Waals surface area contributed by atoms with E-state index in [1.165, 1.54) is 0 Å². The molecule has 0 saturated heterocycles. The van der Waals surface area contributed by atoms with Gasteiger partial charge in [0.05, 0.1) is 11.6 Å². The second kappa shape index (κ2) is 8.65. The molecule has 0 heterocycles. The molecule has 0 bridgehead atoms. The molecule has 2 rings (SSSR count). The fraction of sp³-hybridized carbons (Fsp3) is 0.250. The Morgan fingerprint density at radius 1 is 1.12 bits per heavy atom. The van der Waals surface area contributed by atoms with Crippen LogP contribution in [0.15, 0.2) is 48.5 Å². The van der Waals surface area contributed by atoms with Crippen LogP contribution in [0.25, 0.3) is 0 Å². The van der Waals surface area contributed by atoms with Gasteiger partial charge in [-0.25, -0.2) is 0 Å². The zero-order valence-corrected chi connectivity index (χ0v) is 14.3. The Balaban J connectivity index is 1.89. The lowest BCUT2D eigenvalue weighted by molar-refractivity contribution is -0.122. The van der Waals surface area contributed by atoms with Crippen molar-refractivity contribution in [1.82, 2.24) is 0 Å². The van der Waals surface area contributed by atoms with Gasteiger partial charge in [0.2, 0.25) is 0 Å². The first-order valence-corrected chi connectivity index (χ1v) is 8.04. The Labute approximate surface area is 147 Å². The average molecular weight is 336 g/mol. The zero-order valence-electron chi connectivity index (χ0n) is 14.3. The van der Waals surface area contributed by atoms with Crippen LogP contribution in [0.4, 0.5) is 5.69 Å². The van der Waals surface area contributed by atoms with Crippen LogP contribution in [0.5, 0.6) is 5.75 Å². The van der Waals surface area contributed by atoms with Crippen molar-refractivity contribution < 1.29 is 14.3 Å². The number of Topliss-reactive ketones (excluding diaryl/α,β-unsaturated/α-hetero) is 1. The van der Waals surface area contributed by atoms with Crippen LogP contribution in [-0.2, 0) is 16.0 Å². The van der Waals surface area contributed by atoms with Crippen LogP contribution in [0.1, 0.15) is 31.4 Å². The molecule has 2 aromatic carbocycles. The van der Waals surface area contributed by atoms with E-state index in [0.717, 1.165) is 5.56 Å². The van der Waals surface area contributed by atoms with E-state index >= 15 is 0 Å². The molecule has 1 amide bonds. The lowest BCUT2D eigenvalue weighted by atomic mass is 10.1. The first-order valence-electron chi connectivity index (χ1n) is 8.04. The number of nitriles is 1.